The van der Waals surface area contributed by atoms with E-state index in [9.17, 15) is 4.79 Å². The number of rotatable bonds is 6. The molecule has 0 aromatic carbocycles. The van der Waals surface area contributed by atoms with Gasteiger partial charge in [-0.3, -0.25) is 4.79 Å². The first-order chi connectivity index (χ1) is 11.0. The Hall–Kier alpha value is -1.36. The molecule has 1 amide bonds. The van der Waals surface area contributed by atoms with Crippen LogP contribution in [0.3, 0.4) is 0 Å². The summed E-state index contributed by atoms with van der Waals surface area (Å²) in [7, 11) is 1.65. The van der Waals surface area contributed by atoms with E-state index in [1.807, 2.05) is 6.07 Å². The number of carbonyl (C=O) groups excluding carboxylic acids is 1. The zero-order valence-electron chi connectivity index (χ0n) is 14.4. The van der Waals surface area contributed by atoms with Crippen LogP contribution in [0.25, 0.3) is 0 Å². The fourth-order valence-corrected chi connectivity index (χ4v) is 4.00. The molecule has 2 aliphatic rings. The SMILES string of the molecule is COCc1cc(CC2CC(NC(=O)C3CCCC3)C2(C)C)no1. The molecule has 23 heavy (non-hydrogen) atoms. The van der Waals surface area contributed by atoms with Gasteiger partial charge in [0.25, 0.3) is 0 Å². The number of hydrogen-bond donors (Lipinski definition) is 1. The summed E-state index contributed by atoms with van der Waals surface area (Å²) in [6.07, 6.45) is 6.44. The summed E-state index contributed by atoms with van der Waals surface area (Å²) in [4.78, 5) is 12.3. The Morgan fingerprint density at radius 3 is 2.83 bits per heavy atom. The standard InChI is InChI=1S/C18H28N2O3/c1-18(2)13(8-14-10-15(11-22-3)23-20-14)9-16(18)19-17(21)12-6-4-5-7-12/h10,12-13,16H,4-9,11H2,1-3H3,(H,19,21). The van der Waals surface area contributed by atoms with Crippen molar-refractivity contribution >= 4 is 5.91 Å². The highest BCUT2D eigenvalue weighted by molar-refractivity contribution is 5.79. The van der Waals surface area contributed by atoms with Crippen LogP contribution in [0.1, 0.15) is 57.4 Å². The van der Waals surface area contributed by atoms with Gasteiger partial charge >= 0.3 is 0 Å². The molecule has 128 valence electrons. The van der Waals surface area contributed by atoms with Crippen molar-refractivity contribution in [2.45, 2.75) is 65.0 Å². The van der Waals surface area contributed by atoms with E-state index >= 15 is 0 Å². The monoisotopic (exact) mass is 320 g/mol. The van der Waals surface area contributed by atoms with Crippen LogP contribution in [-0.2, 0) is 22.6 Å². The largest absolute Gasteiger partial charge is 0.377 e. The van der Waals surface area contributed by atoms with Crippen molar-refractivity contribution in [2.75, 3.05) is 7.11 Å². The van der Waals surface area contributed by atoms with Gasteiger partial charge in [0.2, 0.25) is 5.91 Å². The molecule has 2 atom stereocenters. The van der Waals surface area contributed by atoms with Crippen LogP contribution >= 0.6 is 0 Å². The molecule has 5 nitrogen and oxygen atoms in total. The molecule has 2 unspecified atom stereocenters. The van der Waals surface area contributed by atoms with E-state index in [0.717, 1.165) is 37.1 Å². The molecule has 3 rings (SSSR count). The van der Waals surface area contributed by atoms with Crippen molar-refractivity contribution in [3.63, 3.8) is 0 Å². The molecular weight excluding hydrogens is 292 g/mol. The second-order valence-electron chi connectivity index (χ2n) is 7.72. The quantitative estimate of drug-likeness (QED) is 0.875. The number of carbonyl (C=O) groups is 1. The zero-order valence-corrected chi connectivity index (χ0v) is 14.4. The Kier molecular flexibility index (Phi) is 4.76. The van der Waals surface area contributed by atoms with Gasteiger partial charge in [-0.05, 0) is 37.0 Å². The first kappa shape index (κ1) is 16.5. The lowest BCUT2D eigenvalue weighted by atomic mass is 9.57. The fourth-order valence-electron chi connectivity index (χ4n) is 4.00. The lowest BCUT2D eigenvalue weighted by molar-refractivity contribution is -0.129. The third kappa shape index (κ3) is 3.44. The maximum Gasteiger partial charge on any atom is 0.223 e. The number of nitrogens with one attached hydrogen (secondary N) is 1. The van der Waals surface area contributed by atoms with Crippen LogP contribution in [0.5, 0.6) is 0 Å². The van der Waals surface area contributed by atoms with Gasteiger partial charge in [0.1, 0.15) is 6.61 Å². The number of amides is 1. The van der Waals surface area contributed by atoms with Crippen LogP contribution in [0.2, 0.25) is 0 Å². The Morgan fingerprint density at radius 1 is 1.43 bits per heavy atom. The van der Waals surface area contributed by atoms with Crippen LogP contribution in [-0.4, -0.2) is 24.2 Å². The maximum atomic E-state index is 12.3. The normalized spacial score (nSPS) is 26.9. The third-order valence-corrected chi connectivity index (χ3v) is 5.86. The maximum absolute atomic E-state index is 12.3. The minimum Gasteiger partial charge on any atom is -0.377 e. The molecule has 0 aliphatic heterocycles. The van der Waals surface area contributed by atoms with Crippen molar-refractivity contribution in [1.82, 2.24) is 10.5 Å². The molecule has 1 aromatic heterocycles. The van der Waals surface area contributed by atoms with Gasteiger partial charge in [-0.15, -0.1) is 0 Å². The average molecular weight is 320 g/mol. The van der Waals surface area contributed by atoms with Crippen molar-refractivity contribution in [1.29, 1.82) is 0 Å². The molecule has 5 heteroatoms. The number of ether oxygens (including phenoxy) is 1. The smallest absolute Gasteiger partial charge is 0.223 e. The molecule has 2 saturated carbocycles. The first-order valence-electron chi connectivity index (χ1n) is 8.74. The van der Waals surface area contributed by atoms with E-state index < -0.39 is 0 Å². The molecule has 1 heterocycles. The van der Waals surface area contributed by atoms with Gasteiger partial charge in [0.15, 0.2) is 5.76 Å². The predicted molar refractivity (Wildman–Crippen MR) is 86.7 cm³/mol. The lowest BCUT2D eigenvalue weighted by Gasteiger charge is -2.52. The highest BCUT2D eigenvalue weighted by atomic mass is 16.5. The lowest BCUT2D eigenvalue weighted by Crippen LogP contribution is -2.59. The summed E-state index contributed by atoms with van der Waals surface area (Å²) in [6.45, 7) is 4.95. The van der Waals surface area contributed by atoms with Crippen LogP contribution in [0, 0.1) is 17.3 Å². The summed E-state index contributed by atoms with van der Waals surface area (Å²) < 4.78 is 10.3. The van der Waals surface area contributed by atoms with Gasteiger partial charge in [-0.2, -0.15) is 0 Å². The topological polar surface area (TPSA) is 64.4 Å². The Morgan fingerprint density at radius 2 is 2.17 bits per heavy atom. The highest BCUT2D eigenvalue weighted by Crippen LogP contribution is 2.48. The van der Waals surface area contributed by atoms with Crippen LogP contribution in [0.4, 0.5) is 0 Å². The number of hydrogen-bond acceptors (Lipinski definition) is 4. The van der Waals surface area contributed by atoms with Crippen molar-refractivity contribution < 1.29 is 14.1 Å². The van der Waals surface area contributed by atoms with Gasteiger partial charge in [-0.1, -0.05) is 31.8 Å². The summed E-state index contributed by atoms with van der Waals surface area (Å²) >= 11 is 0. The van der Waals surface area contributed by atoms with E-state index in [0.29, 0.717) is 12.5 Å². The van der Waals surface area contributed by atoms with E-state index in [1.165, 1.54) is 12.8 Å². The third-order valence-electron chi connectivity index (χ3n) is 5.86. The van der Waals surface area contributed by atoms with Crippen molar-refractivity contribution in [3.8, 4) is 0 Å². The highest BCUT2D eigenvalue weighted by Gasteiger charge is 2.49. The molecule has 0 spiro atoms. The molecular formula is C18H28N2O3. The van der Waals surface area contributed by atoms with Gasteiger partial charge in [0, 0.05) is 25.1 Å². The molecule has 0 bridgehead atoms. The molecule has 1 aromatic rings. The Bertz CT molecular complexity index is 546. The zero-order chi connectivity index (χ0) is 16.4. The van der Waals surface area contributed by atoms with Crippen molar-refractivity contribution in [3.05, 3.63) is 17.5 Å². The van der Waals surface area contributed by atoms with Crippen LogP contribution in [0.15, 0.2) is 10.6 Å². The summed E-state index contributed by atoms with van der Waals surface area (Å²) in [5, 5.41) is 7.42. The van der Waals surface area contributed by atoms with Crippen LogP contribution < -0.4 is 5.32 Å². The predicted octanol–water partition coefficient (Wildman–Crippen LogP) is 3.08. The molecule has 2 fully saturated rings. The van der Waals surface area contributed by atoms with E-state index in [1.54, 1.807) is 7.11 Å². The minimum absolute atomic E-state index is 0.106. The average Bonchev–Trinajstić information content (AvgIpc) is 3.18. The molecule has 1 N–H and O–H groups in total. The fraction of sp³-hybridized carbons (Fsp3) is 0.778. The summed E-state index contributed by atoms with van der Waals surface area (Å²) in [5.74, 6) is 1.81. The summed E-state index contributed by atoms with van der Waals surface area (Å²) in [6, 6.07) is 2.26. The molecule has 0 radical (unpaired) electrons. The second kappa shape index (κ2) is 6.63. The first-order valence-corrected chi connectivity index (χ1v) is 8.74. The number of methoxy groups -OCH3 is 1. The molecule has 0 saturated heterocycles. The summed E-state index contributed by atoms with van der Waals surface area (Å²) in [5.41, 5.74) is 1.09. The Labute approximate surface area is 138 Å². The van der Waals surface area contributed by atoms with Gasteiger partial charge in [-0.25, -0.2) is 0 Å². The second-order valence-corrected chi connectivity index (χ2v) is 7.72. The number of aromatic nitrogens is 1. The minimum atomic E-state index is 0.106. The molecule has 2 aliphatic carbocycles. The number of nitrogens with zero attached hydrogens (tertiary/aromatic N) is 1. The Balaban J connectivity index is 1.52. The van der Waals surface area contributed by atoms with E-state index in [4.69, 9.17) is 9.26 Å². The van der Waals surface area contributed by atoms with E-state index in [-0.39, 0.29) is 23.3 Å². The van der Waals surface area contributed by atoms with Crippen molar-refractivity contribution in [2.24, 2.45) is 17.3 Å². The van der Waals surface area contributed by atoms with Gasteiger partial charge < -0.3 is 14.6 Å². The van der Waals surface area contributed by atoms with E-state index in [2.05, 4.69) is 24.3 Å². The van der Waals surface area contributed by atoms with Gasteiger partial charge in [0.05, 0.1) is 5.69 Å².